The molecular weight excluding hydrogens is 827 g/mol. The third-order valence-electron chi connectivity index (χ3n) is 15.1. The lowest BCUT2D eigenvalue weighted by Crippen LogP contribution is -2.61. The summed E-state index contributed by atoms with van der Waals surface area (Å²) in [5, 5.41) is 0. The Morgan fingerprint density at radius 2 is 0.864 bits per heavy atom. The Bertz CT molecular complexity index is 1280. The van der Waals surface area contributed by atoms with Crippen LogP contribution >= 0.6 is 0 Å². The van der Waals surface area contributed by atoms with Crippen molar-refractivity contribution in [2.45, 2.75) is 259 Å². The highest BCUT2D eigenvalue weighted by molar-refractivity contribution is 5.70. The second-order valence-corrected chi connectivity index (χ2v) is 21.5. The molecule has 0 aliphatic heterocycles. The van der Waals surface area contributed by atoms with Crippen LogP contribution < -0.4 is 0 Å². The number of esters is 3. The standard InChI is InChI=1S/C57H103NO8/c1-6-11-14-17-20-21-22-23-24-25-26-27-30-34-51(59)64-47-55-41-50-42-56(44-55,48-65-52(60)35-33-38-58(9-4)10-5)46-57(43-50,45-55)49-66-53(61)36-37-54(62-39-31-28-18-15-12-7-2)63-40-32-29-19-16-13-8-3/h21-22,50,54H,6-20,23-49H2,1-5H3/b22-21-. The van der Waals surface area contributed by atoms with Gasteiger partial charge >= 0.3 is 17.9 Å². The molecule has 4 rings (SSSR count). The van der Waals surface area contributed by atoms with Gasteiger partial charge in [0.15, 0.2) is 6.29 Å². The van der Waals surface area contributed by atoms with Crippen LogP contribution in [0.2, 0.25) is 0 Å². The molecule has 0 aromatic carbocycles. The third-order valence-corrected chi connectivity index (χ3v) is 15.1. The Morgan fingerprint density at radius 1 is 0.485 bits per heavy atom. The molecule has 0 radical (unpaired) electrons. The van der Waals surface area contributed by atoms with Crippen LogP contribution in [0.5, 0.6) is 0 Å². The minimum Gasteiger partial charge on any atom is -0.465 e. The Labute approximate surface area is 405 Å². The molecule has 384 valence electrons. The van der Waals surface area contributed by atoms with Gasteiger partial charge in [0.1, 0.15) is 0 Å². The molecule has 4 atom stereocenters. The van der Waals surface area contributed by atoms with E-state index in [0.717, 1.165) is 116 Å². The highest BCUT2D eigenvalue weighted by atomic mass is 16.7. The fourth-order valence-corrected chi connectivity index (χ4v) is 12.1. The molecular formula is C57H103NO8. The van der Waals surface area contributed by atoms with Crippen LogP contribution in [0.3, 0.4) is 0 Å². The van der Waals surface area contributed by atoms with Gasteiger partial charge in [-0.15, -0.1) is 0 Å². The predicted molar refractivity (Wildman–Crippen MR) is 270 cm³/mol. The lowest BCUT2D eigenvalue weighted by molar-refractivity contribution is -0.213. The van der Waals surface area contributed by atoms with Gasteiger partial charge in [0, 0.05) is 48.7 Å². The largest absolute Gasteiger partial charge is 0.465 e. The quantitative estimate of drug-likeness (QED) is 0.0194. The first kappa shape index (κ1) is 58.3. The van der Waals surface area contributed by atoms with Gasteiger partial charge in [-0.25, -0.2) is 0 Å². The smallest absolute Gasteiger partial charge is 0.305 e. The molecule has 4 saturated carbocycles. The lowest BCUT2D eigenvalue weighted by Gasteiger charge is -2.66. The van der Waals surface area contributed by atoms with Crippen molar-refractivity contribution in [2.24, 2.45) is 22.2 Å². The fraction of sp³-hybridized carbons (Fsp3) is 0.912. The van der Waals surface area contributed by atoms with E-state index < -0.39 is 6.29 Å². The Hall–Kier alpha value is -1.97. The molecule has 0 spiro atoms. The topological polar surface area (TPSA) is 101 Å². The van der Waals surface area contributed by atoms with Crippen LogP contribution in [0.4, 0.5) is 0 Å². The summed E-state index contributed by atoms with van der Waals surface area (Å²) in [6.45, 7) is 16.4. The number of carbonyl (C=O) groups excluding carboxylic acids is 3. The summed E-state index contributed by atoms with van der Waals surface area (Å²) in [6.07, 6.45) is 39.9. The molecule has 66 heavy (non-hydrogen) atoms. The van der Waals surface area contributed by atoms with E-state index in [2.05, 4.69) is 51.7 Å². The molecule has 0 saturated heterocycles. The molecule has 0 amide bonds. The molecule has 4 aliphatic rings. The maximum absolute atomic E-state index is 13.6. The zero-order valence-corrected chi connectivity index (χ0v) is 43.7. The van der Waals surface area contributed by atoms with E-state index in [1.807, 2.05) is 0 Å². The van der Waals surface area contributed by atoms with Crippen LogP contribution in [0.1, 0.15) is 253 Å². The van der Waals surface area contributed by atoms with Crippen LogP contribution in [0, 0.1) is 22.2 Å². The van der Waals surface area contributed by atoms with Gasteiger partial charge in [-0.3, -0.25) is 14.4 Å². The SMILES string of the molecule is CCCCCC/C=C\CCCCCCCC(=O)OCC12CC3CC(COC(=O)CCCN(CC)CC)(C1)CC(COC(=O)CCC(OCCCCCCCC)OCCCCCCCC)(C3)C2. The zero-order valence-electron chi connectivity index (χ0n) is 43.7. The predicted octanol–water partition coefficient (Wildman–Crippen LogP) is 14.8. The summed E-state index contributed by atoms with van der Waals surface area (Å²) < 4.78 is 31.0. The van der Waals surface area contributed by atoms with E-state index in [-0.39, 0.29) is 40.6 Å². The Balaban J connectivity index is 1.55. The van der Waals surface area contributed by atoms with E-state index in [0.29, 0.717) is 58.2 Å². The summed E-state index contributed by atoms with van der Waals surface area (Å²) in [5.74, 6) is -0.00505. The van der Waals surface area contributed by atoms with Crippen LogP contribution in [-0.2, 0) is 38.1 Å². The van der Waals surface area contributed by atoms with E-state index in [1.165, 1.54) is 96.3 Å². The minimum absolute atomic E-state index is 0.0992. The third kappa shape index (κ3) is 24.5. The first-order chi connectivity index (χ1) is 32.1. The average molecular weight is 930 g/mol. The van der Waals surface area contributed by atoms with Crippen molar-refractivity contribution < 1.29 is 38.1 Å². The van der Waals surface area contributed by atoms with Crippen molar-refractivity contribution >= 4 is 17.9 Å². The number of carbonyl (C=O) groups is 3. The number of unbranched alkanes of at least 4 members (excludes halogenated alkanes) is 19. The Kier molecular flexibility index (Phi) is 31.1. The number of nitrogens with zero attached hydrogens (tertiary/aromatic N) is 1. The van der Waals surface area contributed by atoms with E-state index in [4.69, 9.17) is 23.7 Å². The second-order valence-electron chi connectivity index (χ2n) is 21.5. The molecule has 0 N–H and O–H groups in total. The van der Waals surface area contributed by atoms with Crippen molar-refractivity contribution in [3.05, 3.63) is 12.2 Å². The molecule has 0 aromatic rings. The molecule has 0 heterocycles. The van der Waals surface area contributed by atoms with Gasteiger partial charge in [-0.1, -0.05) is 150 Å². The minimum atomic E-state index is -0.400. The molecule has 9 heteroatoms. The number of allylic oxidation sites excluding steroid dienone is 2. The summed E-state index contributed by atoms with van der Waals surface area (Å²) in [7, 11) is 0. The summed E-state index contributed by atoms with van der Waals surface area (Å²) in [5.41, 5.74) is -0.611. The summed E-state index contributed by atoms with van der Waals surface area (Å²) in [6, 6.07) is 0. The monoisotopic (exact) mass is 930 g/mol. The average Bonchev–Trinajstić information content (AvgIpc) is 3.30. The highest BCUT2D eigenvalue weighted by Gasteiger charge is 2.64. The summed E-state index contributed by atoms with van der Waals surface area (Å²) in [4.78, 5) is 42.3. The fourth-order valence-electron chi connectivity index (χ4n) is 12.1. The summed E-state index contributed by atoms with van der Waals surface area (Å²) >= 11 is 0. The van der Waals surface area contributed by atoms with Crippen LogP contribution in [0.25, 0.3) is 0 Å². The van der Waals surface area contributed by atoms with Crippen molar-refractivity contribution in [3.8, 4) is 0 Å². The van der Waals surface area contributed by atoms with Gasteiger partial charge in [0.2, 0.25) is 0 Å². The van der Waals surface area contributed by atoms with Gasteiger partial charge in [0.25, 0.3) is 0 Å². The van der Waals surface area contributed by atoms with Crippen LogP contribution in [0.15, 0.2) is 12.2 Å². The molecule has 4 bridgehead atoms. The normalized spacial score (nSPS) is 22.3. The maximum Gasteiger partial charge on any atom is 0.305 e. The van der Waals surface area contributed by atoms with Crippen molar-refractivity contribution in [2.75, 3.05) is 52.7 Å². The number of hydrogen-bond acceptors (Lipinski definition) is 9. The maximum atomic E-state index is 13.6. The van der Waals surface area contributed by atoms with Crippen LogP contribution in [-0.4, -0.2) is 81.8 Å². The van der Waals surface area contributed by atoms with Crippen molar-refractivity contribution in [1.82, 2.24) is 4.90 Å². The second kappa shape index (κ2) is 35.2. The molecule has 4 unspecified atom stereocenters. The molecule has 0 aromatic heterocycles. The van der Waals surface area contributed by atoms with E-state index in [1.54, 1.807) is 0 Å². The molecule has 9 nitrogen and oxygen atoms in total. The van der Waals surface area contributed by atoms with Gasteiger partial charge < -0.3 is 28.6 Å². The van der Waals surface area contributed by atoms with Crippen molar-refractivity contribution in [1.29, 1.82) is 0 Å². The van der Waals surface area contributed by atoms with Gasteiger partial charge in [-0.2, -0.15) is 0 Å². The first-order valence-corrected chi connectivity index (χ1v) is 28.2. The first-order valence-electron chi connectivity index (χ1n) is 28.2. The Morgan fingerprint density at radius 3 is 1.32 bits per heavy atom. The van der Waals surface area contributed by atoms with E-state index >= 15 is 0 Å². The number of rotatable bonds is 44. The molecule has 4 aliphatic carbocycles. The zero-order chi connectivity index (χ0) is 47.6. The number of hydrogen-bond donors (Lipinski definition) is 0. The van der Waals surface area contributed by atoms with Gasteiger partial charge in [-0.05, 0) is 115 Å². The van der Waals surface area contributed by atoms with E-state index in [9.17, 15) is 14.4 Å². The van der Waals surface area contributed by atoms with Gasteiger partial charge in [0.05, 0.1) is 26.2 Å². The van der Waals surface area contributed by atoms with Crippen molar-refractivity contribution in [3.63, 3.8) is 0 Å². The number of ether oxygens (including phenoxy) is 5. The highest BCUT2D eigenvalue weighted by Crippen LogP contribution is 2.70. The lowest BCUT2D eigenvalue weighted by atomic mass is 9.40. The molecule has 4 fully saturated rings.